The van der Waals surface area contributed by atoms with Crippen molar-refractivity contribution in [2.75, 3.05) is 13.1 Å². The number of fused-ring (bicyclic) bond motifs is 1. The predicted molar refractivity (Wildman–Crippen MR) is 164 cm³/mol. The van der Waals surface area contributed by atoms with Crippen LogP contribution in [0.3, 0.4) is 0 Å². The van der Waals surface area contributed by atoms with Gasteiger partial charge in [0.1, 0.15) is 0 Å². The van der Waals surface area contributed by atoms with Crippen molar-refractivity contribution in [2.24, 2.45) is 11.7 Å². The molecule has 1 saturated heterocycles. The highest BCUT2D eigenvalue weighted by molar-refractivity contribution is 5.82. The van der Waals surface area contributed by atoms with E-state index in [0.29, 0.717) is 19.6 Å². The standard InChI is InChI=1S/C32H41N7O4/c1-2-22-6-8-23(9-7-22)20-36-30(41)28-11-10-27(26-12-15-34-16-13-26)38-31(42)37(32(43)39(28)38)17-14-29(40)35-21-25-5-3-4-24(18-25)19-33/h3-11,18,26-28,34H,2,12-17,19-21,33H2,1H3,(H,35,40)(H,36,41). The summed E-state index contributed by atoms with van der Waals surface area (Å²) in [6.07, 6.45) is 6.20. The van der Waals surface area contributed by atoms with Crippen molar-refractivity contribution in [1.82, 2.24) is 29.9 Å². The quantitative estimate of drug-likeness (QED) is 0.250. The molecule has 0 bridgehead atoms. The third kappa shape index (κ3) is 6.89. The van der Waals surface area contributed by atoms with Crippen LogP contribution in [0.4, 0.5) is 0 Å². The predicted octanol–water partition coefficient (Wildman–Crippen LogP) is 1.51. The maximum atomic E-state index is 13.7. The highest BCUT2D eigenvalue weighted by Crippen LogP contribution is 2.30. The number of nitrogens with one attached hydrogen (secondary N) is 3. The smallest absolute Gasteiger partial charge is 0.348 e. The van der Waals surface area contributed by atoms with Gasteiger partial charge in [-0.1, -0.05) is 67.6 Å². The van der Waals surface area contributed by atoms with Crippen molar-refractivity contribution < 1.29 is 9.59 Å². The maximum absolute atomic E-state index is 13.7. The minimum atomic E-state index is -0.974. The molecule has 0 aliphatic carbocycles. The molecule has 0 saturated carbocycles. The van der Waals surface area contributed by atoms with Crippen molar-refractivity contribution in [2.45, 2.75) is 70.9 Å². The molecule has 1 fully saturated rings. The lowest BCUT2D eigenvalue weighted by Crippen LogP contribution is -2.44. The first-order valence-electron chi connectivity index (χ1n) is 15.1. The molecule has 2 unspecified atom stereocenters. The number of aromatic nitrogens is 3. The zero-order valence-corrected chi connectivity index (χ0v) is 24.6. The number of benzene rings is 2. The van der Waals surface area contributed by atoms with Crippen LogP contribution in [0.1, 0.15) is 60.5 Å². The minimum Gasteiger partial charge on any atom is -0.352 e. The van der Waals surface area contributed by atoms with Gasteiger partial charge in [-0.2, -0.15) is 0 Å². The molecule has 5 N–H and O–H groups in total. The van der Waals surface area contributed by atoms with Gasteiger partial charge in [-0.3, -0.25) is 9.59 Å². The largest absolute Gasteiger partial charge is 0.352 e. The van der Waals surface area contributed by atoms with E-state index in [1.54, 1.807) is 6.08 Å². The highest BCUT2D eigenvalue weighted by Gasteiger charge is 2.36. The van der Waals surface area contributed by atoms with Crippen molar-refractivity contribution in [1.29, 1.82) is 0 Å². The summed E-state index contributed by atoms with van der Waals surface area (Å²) in [6.45, 7) is 4.68. The van der Waals surface area contributed by atoms with Crippen LogP contribution < -0.4 is 33.1 Å². The molecule has 2 aromatic carbocycles. The van der Waals surface area contributed by atoms with Crippen LogP contribution >= 0.6 is 0 Å². The number of hydrogen-bond donors (Lipinski definition) is 4. The van der Waals surface area contributed by atoms with Crippen LogP contribution in [0.2, 0.25) is 0 Å². The summed E-state index contributed by atoms with van der Waals surface area (Å²) in [4.78, 5) is 53.6. The zero-order valence-electron chi connectivity index (χ0n) is 24.6. The lowest BCUT2D eigenvalue weighted by atomic mass is 9.89. The first kappa shape index (κ1) is 30.2. The highest BCUT2D eigenvalue weighted by atomic mass is 16.2. The molecule has 2 amide bonds. The van der Waals surface area contributed by atoms with Gasteiger partial charge in [-0.05, 0) is 60.5 Å². The minimum absolute atomic E-state index is 0.0498. The van der Waals surface area contributed by atoms with E-state index >= 15 is 0 Å². The Labute approximate surface area is 250 Å². The zero-order chi connectivity index (χ0) is 30.3. The summed E-state index contributed by atoms with van der Waals surface area (Å²) in [5.41, 5.74) is 8.65. The van der Waals surface area contributed by atoms with Crippen LogP contribution in [0.5, 0.6) is 0 Å². The van der Waals surface area contributed by atoms with Gasteiger partial charge < -0.3 is 21.7 Å². The number of carbonyl (C=O) groups is 2. The molecule has 2 aliphatic rings. The van der Waals surface area contributed by atoms with E-state index < -0.39 is 17.4 Å². The van der Waals surface area contributed by atoms with Crippen molar-refractivity contribution in [3.63, 3.8) is 0 Å². The molecule has 0 radical (unpaired) electrons. The Balaban J connectivity index is 1.34. The van der Waals surface area contributed by atoms with Gasteiger partial charge in [-0.25, -0.2) is 23.5 Å². The van der Waals surface area contributed by atoms with Crippen LogP contribution in [-0.4, -0.2) is 38.8 Å². The number of piperidine rings is 1. The van der Waals surface area contributed by atoms with E-state index in [1.165, 1.54) is 14.9 Å². The topological polar surface area (TPSA) is 145 Å². The molecule has 3 heterocycles. The van der Waals surface area contributed by atoms with Gasteiger partial charge in [-0.15, -0.1) is 0 Å². The molecule has 5 rings (SSSR count). The summed E-state index contributed by atoms with van der Waals surface area (Å²) in [5.74, 6) is -0.509. The molecule has 11 heteroatoms. The lowest BCUT2D eigenvalue weighted by molar-refractivity contribution is -0.124. The van der Waals surface area contributed by atoms with Crippen LogP contribution in [0.25, 0.3) is 0 Å². The third-order valence-electron chi connectivity index (χ3n) is 8.44. The summed E-state index contributed by atoms with van der Waals surface area (Å²) < 4.78 is 3.80. The van der Waals surface area contributed by atoms with Gasteiger partial charge in [0.15, 0.2) is 6.04 Å². The monoisotopic (exact) mass is 587 g/mol. The molecule has 228 valence electrons. The van der Waals surface area contributed by atoms with E-state index in [-0.39, 0.29) is 36.7 Å². The second-order valence-corrected chi connectivity index (χ2v) is 11.3. The Morgan fingerprint density at radius 1 is 0.884 bits per heavy atom. The first-order valence-corrected chi connectivity index (χ1v) is 15.1. The molecular formula is C32H41N7O4. The molecule has 2 aliphatic heterocycles. The van der Waals surface area contributed by atoms with Crippen LogP contribution in [0.15, 0.2) is 70.3 Å². The number of hydrogen-bond acceptors (Lipinski definition) is 6. The SMILES string of the molecule is CCc1ccc(CNC(=O)C2C=CC(C3CCNCC3)n3c(=O)n(CCC(=O)NCc4cccc(CN)c4)c(=O)n32)cc1. The Kier molecular flexibility index (Phi) is 9.73. The Morgan fingerprint density at radius 3 is 2.28 bits per heavy atom. The van der Waals surface area contributed by atoms with E-state index in [0.717, 1.165) is 53.6 Å². The molecule has 3 aromatic rings. The summed E-state index contributed by atoms with van der Waals surface area (Å²) in [6, 6.07) is 14.3. The van der Waals surface area contributed by atoms with Gasteiger partial charge >= 0.3 is 11.4 Å². The molecular weight excluding hydrogens is 546 g/mol. The van der Waals surface area contributed by atoms with Gasteiger partial charge in [0.2, 0.25) is 11.8 Å². The van der Waals surface area contributed by atoms with Crippen molar-refractivity contribution in [3.8, 4) is 0 Å². The van der Waals surface area contributed by atoms with Gasteiger partial charge in [0.25, 0.3) is 0 Å². The summed E-state index contributed by atoms with van der Waals surface area (Å²) in [5, 5.41) is 9.12. The van der Waals surface area contributed by atoms with Gasteiger partial charge in [0, 0.05) is 32.6 Å². The van der Waals surface area contributed by atoms with Crippen molar-refractivity contribution >= 4 is 11.8 Å². The van der Waals surface area contributed by atoms with E-state index in [9.17, 15) is 19.2 Å². The van der Waals surface area contributed by atoms with Crippen LogP contribution in [0, 0.1) is 5.92 Å². The molecule has 43 heavy (non-hydrogen) atoms. The van der Waals surface area contributed by atoms with E-state index in [1.807, 2.05) is 54.6 Å². The number of allylic oxidation sites excluding steroid dienone is 1. The Bertz CT molecular complexity index is 1580. The van der Waals surface area contributed by atoms with E-state index in [2.05, 4.69) is 22.9 Å². The number of nitrogens with zero attached hydrogens (tertiary/aromatic N) is 3. The number of amides is 2. The number of aryl methyl sites for hydroxylation is 1. The summed E-state index contributed by atoms with van der Waals surface area (Å²) >= 11 is 0. The van der Waals surface area contributed by atoms with Gasteiger partial charge in [0.05, 0.1) is 6.04 Å². The van der Waals surface area contributed by atoms with E-state index in [4.69, 9.17) is 5.73 Å². The fourth-order valence-electron chi connectivity index (χ4n) is 5.91. The van der Waals surface area contributed by atoms with Crippen LogP contribution in [-0.2, 0) is 42.2 Å². The Hall–Kier alpha value is -4.22. The second-order valence-electron chi connectivity index (χ2n) is 11.3. The molecule has 11 nitrogen and oxygen atoms in total. The number of nitrogens with two attached hydrogens (primary N) is 1. The average Bonchev–Trinajstić information content (AvgIpc) is 3.30. The van der Waals surface area contributed by atoms with Crippen molar-refractivity contribution in [3.05, 3.63) is 104 Å². The maximum Gasteiger partial charge on any atom is 0.348 e. The second kappa shape index (κ2) is 13.8. The average molecular weight is 588 g/mol. The normalized spacial score (nSPS) is 18.3. The third-order valence-corrected chi connectivity index (χ3v) is 8.44. The lowest BCUT2D eigenvalue weighted by Gasteiger charge is -2.33. The molecule has 0 spiro atoms. The molecule has 1 aromatic heterocycles. The number of rotatable bonds is 11. The first-order chi connectivity index (χ1) is 20.9. The molecule has 2 atom stereocenters. The fourth-order valence-corrected chi connectivity index (χ4v) is 5.91. The fraction of sp³-hybridized carbons (Fsp3) is 0.438. The summed E-state index contributed by atoms with van der Waals surface area (Å²) in [7, 11) is 0. The number of carbonyl (C=O) groups excluding carboxylic acids is 2. The Morgan fingerprint density at radius 2 is 1.56 bits per heavy atom.